The van der Waals surface area contributed by atoms with E-state index in [1.807, 2.05) is 72.8 Å². The average molecular weight is 424 g/mol. The number of nitriles is 1. The number of hydrogen-bond acceptors (Lipinski definition) is 6. The van der Waals surface area contributed by atoms with Gasteiger partial charge in [-0.05, 0) is 42.0 Å². The zero-order valence-electron chi connectivity index (χ0n) is 16.6. The molecular weight excluding hydrogens is 408 g/mol. The number of esters is 1. The number of benzene rings is 3. The van der Waals surface area contributed by atoms with Gasteiger partial charge < -0.3 is 9.47 Å². The third-order valence-corrected chi connectivity index (χ3v) is 6.09. The molecule has 6 heteroatoms. The molecule has 0 aliphatic carbocycles. The van der Waals surface area contributed by atoms with Crippen molar-refractivity contribution in [1.82, 2.24) is 4.98 Å². The molecule has 0 fully saturated rings. The summed E-state index contributed by atoms with van der Waals surface area (Å²) < 4.78 is 12.3. The van der Waals surface area contributed by atoms with Crippen molar-refractivity contribution in [1.29, 1.82) is 5.26 Å². The Bertz CT molecular complexity index is 1420. The zero-order chi connectivity index (χ0) is 21.4. The first-order chi connectivity index (χ1) is 15.2. The van der Waals surface area contributed by atoms with Gasteiger partial charge in [-0.25, -0.2) is 9.78 Å². The quantitative estimate of drug-likeness (QED) is 0.239. The van der Waals surface area contributed by atoms with Crippen LogP contribution in [-0.4, -0.2) is 17.6 Å². The number of aromatic nitrogens is 1. The maximum absolute atomic E-state index is 12.5. The molecule has 5 nitrogen and oxygen atoms in total. The van der Waals surface area contributed by atoms with Crippen molar-refractivity contribution in [2.45, 2.75) is 6.92 Å². The normalized spacial score (nSPS) is 14.4. The van der Waals surface area contributed by atoms with Gasteiger partial charge >= 0.3 is 5.97 Å². The maximum atomic E-state index is 12.5. The standard InChI is InChI=1S/C25H16N2O3S/c1-2-29-25(28)19(14-26)23-18(24-27-20-9-5-6-10-22(20)31-24)13-17-16-8-4-3-7-15(16)11-12-21(17)30-23/h3-13H,2H2,1H3. The molecular formula is C25H16N2O3S. The van der Waals surface area contributed by atoms with E-state index in [2.05, 4.69) is 0 Å². The fraction of sp³-hybridized carbons (Fsp3) is 0.0800. The second-order valence-corrected chi connectivity index (χ2v) is 7.91. The summed E-state index contributed by atoms with van der Waals surface area (Å²) in [6, 6.07) is 21.6. The van der Waals surface area contributed by atoms with Crippen molar-refractivity contribution in [2.24, 2.45) is 0 Å². The average Bonchev–Trinajstić information content (AvgIpc) is 3.23. The Morgan fingerprint density at radius 1 is 1.13 bits per heavy atom. The van der Waals surface area contributed by atoms with Gasteiger partial charge in [0.05, 0.1) is 22.4 Å². The first-order valence-corrected chi connectivity index (χ1v) is 10.6. The molecule has 0 bridgehead atoms. The topological polar surface area (TPSA) is 72.2 Å². The van der Waals surface area contributed by atoms with Crippen molar-refractivity contribution < 1.29 is 14.3 Å². The van der Waals surface area contributed by atoms with Crippen LogP contribution >= 0.6 is 11.3 Å². The van der Waals surface area contributed by atoms with Gasteiger partial charge in [0, 0.05) is 5.56 Å². The third kappa shape index (κ3) is 3.25. The van der Waals surface area contributed by atoms with Crippen LogP contribution in [0.2, 0.25) is 0 Å². The lowest BCUT2D eigenvalue weighted by atomic mass is 9.97. The highest BCUT2D eigenvalue weighted by atomic mass is 32.1. The summed E-state index contributed by atoms with van der Waals surface area (Å²) in [5, 5.41) is 12.5. The van der Waals surface area contributed by atoms with E-state index in [9.17, 15) is 10.1 Å². The minimum absolute atomic E-state index is 0.165. The predicted molar refractivity (Wildman–Crippen MR) is 121 cm³/mol. The highest BCUT2D eigenvalue weighted by molar-refractivity contribution is 7.19. The number of rotatable bonds is 3. The smallest absolute Gasteiger partial charge is 0.352 e. The number of allylic oxidation sites excluding steroid dienone is 1. The fourth-order valence-electron chi connectivity index (χ4n) is 3.61. The van der Waals surface area contributed by atoms with Crippen LogP contribution in [-0.2, 0) is 9.53 Å². The molecule has 0 saturated heterocycles. The molecule has 0 radical (unpaired) electrons. The Morgan fingerprint density at radius 2 is 1.94 bits per heavy atom. The Hall–Kier alpha value is -3.95. The number of carbonyl (C=O) groups excluding carboxylic acids is 1. The number of nitrogens with zero attached hydrogens (tertiary/aromatic N) is 2. The number of para-hydroxylation sites is 1. The minimum Gasteiger partial charge on any atom is -0.462 e. The molecule has 1 aliphatic rings. The molecule has 0 atom stereocenters. The highest BCUT2D eigenvalue weighted by Crippen LogP contribution is 2.43. The molecule has 0 amide bonds. The molecule has 150 valence electrons. The Labute approximate surface area is 182 Å². The summed E-state index contributed by atoms with van der Waals surface area (Å²) in [6.07, 6.45) is 1.95. The van der Waals surface area contributed by atoms with E-state index >= 15 is 0 Å². The van der Waals surface area contributed by atoms with Crippen LogP contribution in [0.25, 0.3) is 32.6 Å². The van der Waals surface area contributed by atoms with Gasteiger partial charge in [0.15, 0.2) is 11.3 Å². The number of carbonyl (C=O) groups is 1. The molecule has 0 saturated carbocycles. The van der Waals surface area contributed by atoms with Crippen LogP contribution in [0.1, 0.15) is 17.5 Å². The zero-order valence-corrected chi connectivity index (χ0v) is 17.4. The van der Waals surface area contributed by atoms with Crippen LogP contribution in [0.5, 0.6) is 5.75 Å². The van der Waals surface area contributed by atoms with Crippen molar-refractivity contribution in [3.05, 3.63) is 82.6 Å². The monoisotopic (exact) mass is 424 g/mol. The van der Waals surface area contributed by atoms with E-state index in [0.717, 1.165) is 26.6 Å². The molecule has 0 unspecified atom stereocenters. The summed E-state index contributed by atoms with van der Waals surface area (Å²) in [6.45, 7) is 1.86. The molecule has 31 heavy (non-hydrogen) atoms. The van der Waals surface area contributed by atoms with E-state index in [0.29, 0.717) is 16.3 Å². The van der Waals surface area contributed by atoms with Gasteiger partial charge in [-0.2, -0.15) is 5.26 Å². The summed E-state index contributed by atoms with van der Waals surface area (Å²) in [4.78, 5) is 17.3. The second kappa shape index (κ2) is 7.71. The van der Waals surface area contributed by atoms with E-state index in [4.69, 9.17) is 14.5 Å². The summed E-state index contributed by atoms with van der Waals surface area (Å²) in [7, 11) is 0. The molecule has 2 heterocycles. The van der Waals surface area contributed by atoms with Gasteiger partial charge in [-0.15, -0.1) is 11.3 Å². The lowest BCUT2D eigenvalue weighted by Gasteiger charge is -2.21. The highest BCUT2D eigenvalue weighted by Gasteiger charge is 2.29. The SMILES string of the molecule is CCOC(=O)C(C#N)=C1Oc2ccc3ccccc3c2C=C1c1nc2ccccc2s1. The Morgan fingerprint density at radius 3 is 2.74 bits per heavy atom. The van der Waals surface area contributed by atoms with Crippen molar-refractivity contribution in [3.63, 3.8) is 0 Å². The summed E-state index contributed by atoms with van der Waals surface area (Å²) in [5.74, 6) is 0.0367. The van der Waals surface area contributed by atoms with E-state index < -0.39 is 5.97 Å². The molecule has 3 aromatic carbocycles. The molecule has 5 rings (SSSR count). The molecule has 1 aromatic heterocycles. The van der Waals surface area contributed by atoms with Crippen molar-refractivity contribution in [2.75, 3.05) is 6.61 Å². The number of fused-ring (bicyclic) bond motifs is 4. The van der Waals surface area contributed by atoms with Crippen molar-refractivity contribution >= 4 is 49.9 Å². The van der Waals surface area contributed by atoms with Crippen LogP contribution in [0.3, 0.4) is 0 Å². The van der Waals surface area contributed by atoms with E-state index in [-0.39, 0.29) is 17.9 Å². The Kier molecular flexibility index (Phi) is 4.73. The molecule has 0 N–H and O–H groups in total. The first kappa shape index (κ1) is 19.0. The maximum Gasteiger partial charge on any atom is 0.352 e. The Balaban J connectivity index is 1.80. The van der Waals surface area contributed by atoms with Gasteiger partial charge in [-0.1, -0.05) is 42.5 Å². The van der Waals surface area contributed by atoms with Crippen molar-refractivity contribution in [3.8, 4) is 11.8 Å². The third-order valence-electron chi connectivity index (χ3n) is 5.02. The van der Waals surface area contributed by atoms with Crippen LogP contribution < -0.4 is 4.74 Å². The first-order valence-electron chi connectivity index (χ1n) is 9.78. The summed E-state index contributed by atoms with van der Waals surface area (Å²) >= 11 is 1.49. The number of hydrogen-bond donors (Lipinski definition) is 0. The van der Waals surface area contributed by atoms with Gasteiger partial charge in [-0.3, -0.25) is 0 Å². The van der Waals surface area contributed by atoms with Crippen LogP contribution in [0.4, 0.5) is 0 Å². The number of ether oxygens (including phenoxy) is 2. The molecule has 1 aliphatic heterocycles. The van der Waals surface area contributed by atoms with Crippen LogP contribution in [0.15, 0.2) is 72.0 Å². The molecule has 0 spiro atoms. The van der Waals surface area contributed by atoms with Gasteiger partial charge in [0.2, 0.25) is 0 Å². The number of thiazole rings is 1. The minimum atomic E-state index is -0.712. The lowest BCUT2D eigenvalue weighted by Crippen LogP contribution is -2.15. The summed E-state index contributed by atoms with van der Waals surface area (Å²) in [5.41, 5.74) is 2.15. The van der Waals surface area contributed by atoms with Gasteiger partial charge in [0.1, 0.15) is 16.8 Å². The largest absolute Gasteiger partial charge is 0.462 e. The van der Waals surface area contributed by atoms with Crippen LogP contribution in [0, 0.1) is 11.3 Å². The molecule has 4 aromatic rings. The van der Waals surface area contributed by atoms with E-state index in [1.54, 1.807) is 6.92 Å². The fourth-order valence-corrected chi connectivity index (χ4v) is 4.59. The van der Waals surface area contributed by atoms with E-state index in [1.165, 1.54) is 11.3 Å². The second-order valence-electron chi connectivity index (χ2n) is 6.88. The van der Waals surface area contributed by atoms with Gasteiger partial charge in [0.25, 0.3) is 0 Å². The predicted octanol–water partition coefficient (Wildman–Crippen LogP) is 5.72. The lowest BCUT2D eigenvalue weighted by molar-refractivity contribution is -0.138.